The van der Waals surface area contributed by atoms with Crippen molar-refractivity contribution >= 4 is 23.8 Å². The van der Waals surface area contributed by atoms with Gasteiger partial charge in [0.05, 0.1) is 17.7 Å². The maximum absolute atomic E-state index is 12.2. The smallest absolute Gasteiger partial charge is 0.335 e. The quantitative estimate of drug-likeness (QED) is 0.175. The molecule has 0 atom stereocenters. The molecule has 0 unspecified atom stereocenters. The topological polar surface area (TPSA) is 101 Å². The first-order chi connectivity index (χ1) is 16.9. The van der Waals surface area contributed by atoms with Crippen LogP contribution in [0.2, 0.25) is 0 Å². The minimum atomic E-state index is -1.19. The summed E-state index contributed by atoms with van der Waals surface area (Å²) in [6, 6.07) is 21.1. The van der Waals surface area contributed by atoms with Gasteiger partial charge in [-0.05, 0) is 54.7 Å². The van der Waals surface area contributed by atoms with Crippen LogP contribution in [0.4, 0.5) is 0 Å². The number of carbonyl (C=O) groups excluding carboxylic acids is 1. The molecule has 0 aliphatic heterocycles. The van der Waals surface area contributed by atoms with E-state index in [1.807, 2.05) is 36.4 Å². The Labute approximate surface area is 204 Å². The standard InChI is InChI=1S/C29H28O6/c30-27(23-9-5-3-6-10-23)16-15-22-13-11-21(12-14-22)8-4-1-2-7-17-35-26-19-24(28(31)32)18-25(20-26)29(33)34/h3,5-6,9-16,18-20H,1-2,4,7-8,17H2,(H,31,32)(H,33,34)/b16-15+. The van der Waals surface area contributed by atoms with E-state index in [1.165, 1.54) is 17.7 Å². The monoisotopic (exact) mass is 472 g/mol. The number of unbranched alkanes of at least 4 members (excludes halogenated alkanes) is 3. The fourth-order valence-electron chi connectivity index (χ4n) is 3.57. The number of carboxylic acids is 2. The first-order valence-electron chi connectivity index (χ1n) is 11.5. The SMILES string of the molecule is O=C(O)c1cc(OCCCCCCc2ccc(/C=C/C(=O)c3ccccc3)cc2)cc(C(=O)O)c1. The lowest BCUT2D eigenvalue weighted by Crippen LogP contribution is -2.05. The second-order valence-electron chi connectivity index (χ2n) is 8.17. The lowest BCUT2D eigenvalue weighted by atomic mass is 10.0. The van der Waals surface area contributed by atoms with Crippen LogP contribution in [0.1, 0.15) is 67.9 Å². The number of carbonyl (C=O) groups is 3. The number of rotatable bonds is 13. The molecule has 0 spiro atoms. The summed E-state index contributed by atoms with van der Waals surface area (Å²) in [7, 11) is 0. The van der Waals surface area contributed by atoms with E-state index < -0.39 is 11.9 Å². The second-order valence-corrected chi connectivity index (χ2v) is 8.17. The maximum Gasteiger partial charge on any atom is 0.335 e. The molecule has 0 saturated heterocycles. The molecule has 35 heavy (non-hydrogen) atoms. The molecule has 3 aromatic carbocycles. The van der Waals surface area contributed by atoms with Crippen LogP contribution in [-0.4, -0.2) is 34.5 Å². The largest absolute Gasteiger partial charge is 0.494 e. The van der Waals surface area contributed by atoms with Crippen molar-refractivity contribution in [3.05, 3.63) is 107 Å². The Balaban J connectivity index is 1.36. The summed E-state index contributed by atoms with van der Waals surface area (Å²) >= 11 is 0. The van der Waals surface area contributed by atoms with E-state index in [-0.39, 0.29) is 22.7 Å². The van der Waals surface area contributed by atoms with Crippen molar-refractivity contribution in [2.45, 2.75) is 32.1 Å². The first kappa shape index (κ1) is 25.4. The van der Waals surface area contributed by atoms with Crippen LogP contribution in [0.15, 0.2) is 78.9 Å². The summed E-state index contributed by atoms with van der Waals surface area (Å²) in [6.45, 7) is 0.394. The molecule has 0 aromatic heterocycles. The van der Waals surface area contributed by atoms with Gasteiger partial charge < -0.3 is 14.9 Å². The van der Waals surface area contributed by atoms with Crippen LogP contribution in [0, 0.1) is 0 Å². The molecule has 2 N–H and O–H groups in total. The highest BCUT2D eigenvalue weighted by atomic mass is 16.5. The third-order valence-electron chi connectivity index (χ3n) is 5.49. The molecule has 3 rings (SSSR count). The van der Waals surface area contributed by atoms with Crippen LogP contribution >= 0.6 is 0 Å². The van der Waals surface area contributed by atoms with E-state index in [9.17, 15) is 14.4 Å². The molecule has 0 aliphatic carbocycles. The number of ether oxygens (including phenoxy) is 1. The average molecular weight is 473 g/mol. The first-order valence-corrected chi connectivity index (χ1v) is 11.5. The van der Waals surface area contributed by atoms with Crippen LogP contribution in [0.3, 0.4) is 0 Å². The Bertz CT molecular complexity index is 1150. The molecule has 0 fully saturated rings. The fourth-order valence-corrected chi connectivity index (χ4v) is 3.57. The van der Waals surface area contributed by atoms with Crippen LogP contribution in [-0.2, 0) is 6.42 Å². The van der Waals surface area contributed by atoms with Crippen molar-refractivity contribution in [1.82, 2.24) is 0 Å². The van der Waals surface area contributed by atoms with Crippen LogP contribution in [0.5, 0.6) is 5.75 Å². The molecule has 0 radical (unpaired) electrons. The van der Waals surface area contributed by atoms with Gasteiger partial charge in [0.2, 0.25) is 0 Å². The lowest BCUT2D eigenvalue weighted by Gasteiger charge is -2.08. The molecule has 6 nitrogen and oxygen atoms in total. The zero-order chi connectivity index (χ0) is 25.0. The molecular weight excluding hydrogens is 444 g/mol. The predicted octanol–water partition coefficient (Wildman–Crippen LogP) is 6.16. The van der Waals surface area contributed by atoms with E-state index in [0.29, 0.717) is 12.2 Å². The van der Waals surface area contributed by atoms with Crippen molar-refractivity contribution in [2.24, 2.45) is 0 Å². The van der Waals surface area contributed by atoms with E-state index in [2.05, 4.69) is 12.1 Å². The van der Waals surface area contributed by atoms with Gasteiger partial charge in [-0.3, -0.25) is 4.79 Å². The highest BCUT2D eigenvalue weighted by molar-refractivity contribution is 6.06. The van der Waals surface area contributed by atoms with E-state index >= 15 is 0 Å². The zero-order valence-electron chi connectivity index (χ0n) is 19.4. The van der Waals surface area contributed by atoms with Crippen molar-refractivity contribution in [1.29, 1.82) is 0 Å². The molecule has 3 aromatic rings. The number of hydrogen-bond donors (Lipinski definition) is 2. The van der Waals surface area contributed by atoms with Crippen molar-refractivity contribution in [3.8, 4) is 5.75 Å². The second kappa shape index (κ2) is 12.9. The summed E-state index contributed by atoms with van der Waals surface area (Å²) in [6.07, 6.45) is 8.16. The van der Waals surface area contributed by atoms with Gasteiger partial charge in [-0.2, -0.15) is 0 Å². The number of allylic oxidation sites excluding steroid dienone is 1. The predicted molar refractivity (Wildman–Crippen MR) is 134 cm³/mol. The third-order valence-corrected chi connectivity index (χ3v) is 5.49. The molecule has 0 bridgehead atoms. The van der Waals surface area contributed by atoms with Gasteiger partial charge in [-0.1, -0.05) is 73.5 Å². The highest BCUT2D eigenvalue weighted by Crippen LogP contribution is 2.19. The Morgan fingerprint density at radius 1 is 0.714 bits per heavy atom. The number of ketones is 1. The van der Waals surface area contributed by atoms with Gasteiger partial charge in [-0.25, -0.2) is 9.59 Å². The van der Waals surface area contributed by atoms with Gasteiger partial charge in [0.25, 0.3) is 0 Å². The average Bonchev–Trinajstić information content (AvgIpc) is 2.87. The summed E-state index contributed by atoms with van der Waals surface area (Å²) in [4.78, 5) is 34.5. The van der Waals surface area contributed by atoms with E-state index in [0.717, 1.165) is 43.7 Å². The molecule has 0 aliphatic rings. The number of aryl methyl sites for hydroxylation is 1. The van der Waals surface area contributed by atoms with Gasteiger partial charge in [0.15, 0.2) is 5.78 Å². The van der Waals surface area contributed by atoms with Crippen LogP contribution in [0.25, 0.3) is 6.08 Å². The van der Waals surface area contributed by atoms with Gasteiger partial charge in [-0.15, -0.1) is 0 Å². The number of aromatic carboxylic acids is 2. The Kier molecular flexibility index (Phi) is 9.37. The summed E-state index contributed by atoms with van der Waals surface area (Å²) < 4.78 is 5.58. The fraction of sp³-hybridized carbons (Fsp3) is 0.207. The number of benzene rings is 3. The van der Waals surface area contributed by atoms with Gasteiger partial charge >= 0.3 is 11.9 Å². The van der Waals surface area contributed by atoms with Crippen molar-refractivity contribution in [3.63, 3.8) is 0 Å². The Morgan fingerprint density at radius 3 is 1.97 bits per heavy atom. The normalized spacial score (nSPS) is 10.9. The lowest BCUT2D eigenvalue weighted by molar-refractivity contribution is 0.0696. The van der Waals surface area contributed by atoms with E-state index in [1.54, 1.807) is 18.2 Å². The number of hydrogen-bond acceptors (Lipinski definition) is 4. The molecule has 0 saturated carbocycles. The Morgan fingerprint density at radius 2 is 1.34 bits per heavy atom. The van der Waals surface area contributed by atoms with Crippen molar-refractivity contribution in [2.75, 3.05) is 6.61 Å². The van der Waals surface area contributed by atoms with Crippen molar-refractivity contribution < 1.29 is 29.3 Å². The highest BCUT2D eigenvalue weighted by Gasteiger charge is 2.12. The molecule has 0 heterocycles. The third kappa shape index (κ3) is 8.27. The maximum atomic E-state index is 12.2. The van der Waals surface area contributed by atoms with Crippen LogP contribution < -0.4 is 4.74 Å². The summed E-state index contributed by atoms with van der Waals surface area (Å²) in [5.41, 5.74) is 2.67. The molecular formula is C29H28O6. The minimum Gasteiger partial charge on any atom is -0.494 e. The van der Waals surface area contributed by atoms with E-state index in [4.69, 9.17) is 14.9 Å². The number of carboxylic acid groups (broad SMARTS) is 2. The van der Waals surface area contributed by atoms with Gasteiger partial charge in [0.1, 0.15) is 5.75 Å². The molecule has 180 valence electrons. The molecule has 0 amide bonds. The Hall–Kier alpha value is -4.19. The zero-order valence-corrected chi connectivity index (χ0v) is 19.4. The van der Waals surface area contributed by atoms with Gasteiger partial charge in [0, 0.05) is 5.56 Å². The summed E-state index contributed by atoms with van der Waals surface area (Å²) in [5, 5.41) is 18.2. The summed E-state index contributed by atoms with van der Waals surface area (Å²) in [5.74, 6) is -2.15. The minimum absolute atomic E-state index is 0.0180. The molecule has 6 heteroatoms.